The number of aliphatic hydroxyl groups is 3. The monoisotopic (exact) mass is 792 g/mol. The number of nitrogens with one attached hydrogen (secondary N) is 1. The van der Waals surface area contributed by atoms with Crippen LogP contribution in [0.3, 0.4) is 0 Å². The summed E-state index contributed by atoms with van der Waals surface area (Å²) < 4.78 is 0. The average Bonchev–Trinajstić information content (AvgIpc) is 3.20. The van der Waals surface area contributed by atoms with Crippen LogP contribution in [0, 0.1) is 0 Å². The predicted octanol–water partition coefficient (Wildman–Crippen LogP) is 15.2. The normalized spacial score (nSPS) is 13.4. The summed E-state index contributed by atoms with van der Waals surface area (Å²) in [5.74, 6) is -0.497. The highest BCUT2D eigenvalue weighted by Gasteiger charge is 2.22. The summed E-state index contributed by atoms with van der Waals surface area (Å²) in [5, 5.41) is 33.3. The van der Waals surface area contributed by atoms with Gasteiger partial charge in [-0.3, -0.25) is 4.79 Å². The summed E-state index contributed by atoms with van der Waals surface area (Å²) in [6, 6.07) is -0.793. The molecule has 1 amide bonds. The minimum Gasteiger partial charge on any atom is -0.394 e. The molecular weight excluding hydrogens is 691 g/mol. The molecule has 0 fully saturated rings. The fourth-order valence-electron chi connectivity index (χ4n) is 8.13. The number of hydrogen-bond acceptors (Lipinski definition) is 4. The standard InChI is InChI=1S/C51H101NO4/c1-3-5-7-9-11-13-15-17-19-21-23-25-27-29-31-33-35-37-39-41-43-45-49(54)48(47-53)52-51(56)50(55)46-44-42-40-38-36-34-32-30-28-26-24-22-20-18-16-14-12-10-8-6-4-2/h43,45,48-50,53-55H,3-42,44,46-47H2,1-2H3,(H,52,56)/b45-43+. The van der Waals surface area contributed by atoms with Gasteiger partial charge >= 0.3 is 0 Å². The van der Waals surface area contributed by atoms with E-state index >= 15 is 0 Å². The average molecular weight is 792 g/mol. The van der Waals surface area contributed by atoms with Gasteiger partial charge in [0.2, 0.25) is 5.91 Å². The molecular formula is C51H101NO4. The van der Waals surface area contributed by atoms with Gasteiger partial charge in [-0.15, -0.1) is 0 Å². The molecule has 0 aliphatic heterocycles. The van der Waals surface area contributed by atoms with Crippen LogP contribution in [-0.2, 0) is 4.79 Å². The molecule has 56 heavy (non-hydrogen) atoms. The third kappa shape index (κ3) is 41.3. The molecule has 0 rings (SSSR count). The zero-order chi connectivity index (χ0) is 40.8. The largest absolute Gasteiger partial charge is 0.394 e. The second-order valence-corrected chi connectivity index (χ2v) is 17.7. The molecule has 0 radical (unpaired) electrons. The van der Waals surface area contributed by atoms with Gasteiger partial charge in [-0.25, -0.2) is 0 Å². The fraction of sp³-hybridized carbons (Fsp3) is 0.941. The highest BCUT2D eigenvalue weighted by molar-refractivity contribution is 5.80. The molecule has 0 aliphatic carbocycles. The molecule has 0 heterocycles. The summed E-state index contributed by atoms with van der Waals surface area (Å²) in [4.78, 5) is 12.5. The quantitative estimate of drug-likeness (QED) is 0.0365. The van der Waals surface area contributed by atoms with Crippen LogP contribution in [0.2, 0.25) is 0 Å². The van der Waals surface area contributed by atoms with E-state index in [9.17, 15) is 20.1 Å². The van der Waals surface area contributed by atoms with E-state index in [-0.39, 0.29) is 6.61 Å². The van der Waals surface area contributed by atoms with Crippen LogP contribution in [-0.4, -0.2) is 46.1 Å². The third-order valence-corrected chi connectivity index (χ3v) is 12.1. The fourth-order valence-corrected chi connectivity index (χ4v) is 8.13. The first kappa shape index (κ1) is 55.1. The maximum absolute atomic E-state index is 12.5. The van der Waals surface area contributed by atoms with Crippen LogP contribution in [0.4, 0.5) is 0 Å². The molecule has 334 valence electrons. The number of unbranched alkanes of at least 4 members (excludes halogenated alkanes) is 39. The Labute approximate surface area is 350 Å². The van der Waals surface area contributed by atoms with Gasteiger partial charge in [-0.05, 0) is 19.3 Å². The molecule has 5 nitrogen and oxygen atoms in total. The first-order valence-corrected chi connectivity index (χ1v) is 25.5. The van der Waals surface area contributed by atoms with Crippen molar-refractivity contribution in [3.05, 3.63) is 12.2 Å². The van der Waals surface area contributed by atoms with Crippen molar-refractivity contribution in [2.45, 2.75) is 302 Å². The van der Waals surface area contributed by atoms with Crippen LogP contribution >= 0.6 is 0 Å². The number of aliphatic hydroxyl groups excluding tert-OH is 3. The Kier molecular flexibility index (Phi) is 46.0. The van der Waals surface area contributed by atoms with Crippen molar-refractivity contribution < 1.29 is 20.1 Å². The van der Waals surface area contributed by atoms with E-state index < -0.39 is 24.2 Å². The lowest BCUT2D eigenvalue weighted by Gasteiger charge is -2.21. The summed E-state index contributed by atoms with van der Waals surface area (Å²) >= 11 is 0. The van der Waals surface area contributed by atoms with Gasteiger partial charge in [0.1, 0.15) is 6.10 Å². The van der Waals surface area contributed by atoms with Gasteiger partial charge in [0.25, 0.3) is 0 Å². The van der Waals surface area contributed by atoms with Crippen molar-refractivity contribution in [2.24, 2.45) is 0 Å². The number of carbonyl (C=O) groups is 1. The van der Waals surface area contributed by atoms with Crippen molar-refractivity contribution >= 4 is 5.91 Å². The van der Waals surface area contributed by atoms with Crippen LogP contribution in [0.1, 0.15) is 284 Å². The first-order valence-electron chi connectivity index (χ1n) is 25.5. The SMILES string of the molecule is CCCCCCCCCCCCCCCCCCCCC/C=C/C(O)C(CO)NC(=O)C(O)CCCCCCCCCCCCCCCCCCCCCCC. The Bertz CT molecular complexity index is 788. The van der Waals surface area contributed by atoms with E-state index in [1.165, 1.54) is 231 Å². The second kappa shape index (κ2) is 46.8. The van der Waals surface area contributed by atoms with Gasteiger partial charge in [0.05, 0.1) is 18.8 Å². The predicted molar refractivity (Wildman–Crippen MR) is 245 cm³/mol. The van der Waals surface area contributed by atoms with E-state index in [1.807, 2.05) is 6.08 Å². The zero-order valence-electron chi connectivity index (χ0n) is 38.0. The van der Waals surface area contributed by atoms with Crippen LogP contribution < -0.4 is 5.32 Å². The van der Waals surface area contributed by atoms with Gasteiger partial charge in [0, 0.05) is 0 Å². The number of carbonyl (C=O) groups excluding carboxylic acids is 1. The Morgan fingerprint density at radius 1 is 0.429 bits per heavy atom. The molecule has 0 saturated heterocycles. The minimum absolute atomic E-state index is 0.359. The third-order valence-electron chi connectivity index (χ3n) is 12.1. The molecule has 0 aromatic heterocycles. The van der Waals surface area contributed by atoms with Gasteiger partial charge in [-0.1, -0.05) is 276 Å². The number of hydrogen-bond donors (Lipinski definition) is 4. The molecule has 3 atom stereocenters. The summed E-state index contributed by atoms with van der Waals surface area (Å²) in [7, 11) is 0. The smallest absolute Gasteiger partial charge is 0.249 e. The van der Waals surface area contributed by atoms with E-state index in [1.54, 1.807) is 6.08 Å². The molecule has 0 saturated carbocycles. The molecule has 0 aromatic carbocycles. The van der Waals surface area contributed by atoms with Crippen molar-refractivity contribution in [1.29, 1.82) is 0 Å². The minimum atomic E-state index is -1.09. The van der Waals surface area contributed by atoms with Crippen molar-refractivity contribution in [1.82, 2.24) is 5.32 Å². The van der Waals surface area contributed by atoms with Crippen LogP contribution in [0.5, 0.6) is 0 Å². The Hall–Kier alpha value is -0.910. The maximum Gasteiger partial charge on any atom is 0.249 e. The van der Waals surface area contributed by atoms with Gasteiger partial charge < -0.3 is 20.6 Å². The summed E-state index contributed by atoms with van der Waals surface area (Å²) in [5.41, 5.74) is 0. The molecule has 3 unspecified atom stereocenters. The topological polar surface area (TPSA) is 89.8 Å². The van der Waals surface area contributed by atoms with E-state index in [4.69, 9.17) is 0 Å². The molecule has 0 bridgehead atoms. The zero-order valence-corrected chi connectivity index (χ0v) is 38.0. The second-order valence-electron chi connectivity index (χ2n) is 17.7. The number of amides is 1. The highest BCUT2D eigenvalue weighted by Crippen LogP contribution is 2.17. The highest BCUT2D eigenvalue weighted by atomic mass is 16.3. The molecule has 5 heteroatoms. The van der Waals surface area contributed by atoms with E-state index in [0.29, 0.717) is 6.42 Å². The molecule has 0 aliphatic rings. The maximum atomic E-state index is 12.5. The molecule has 4 N–H and O–H groups in total. The van der Waals surface area contributed by atoms with Crippen molar-refractivity contribution in [3.63, 3.8) is 0 Å². The van der Waals surface area contributed by atoms with E-state index in [2.05, 4.69) is 19.2 Å². The lowest BCUT2D eigenvalue weighted by atomic mass is 10.0. The Morgan fingerprint density at radius 3 is 0.982 bits per heavy atom. The lowest BCUT2D eigenvalue weighted by Crippen LogP contribution is -2.48. The Balaban J connectivity index is 3.58. The summed E-state index contributed by atoms with van der Waals surface area (Å²) in [6.45, 7) is 4.22. The summed E-state index contributed by atoms with van der Waals surface area (Å²) in [6.07, 6.45) is 56.9. The molecule has 0 aromatic rings. The van der Waals surface area contributed by atoms with Gasteiger partial charge in [0.15, 0.2) is 0 Å². The number of rotatable bonds is 47. The number of allylic oxidation sites excluding steroid dienone is 1. The molecule has 0 spiro atoms. The van der Waals surface area contributed by atoms with E-state index in [0.717, 1.165) is 32.1 Å². The first-order chi connectivity index (χ1) is 27.6. The van der Waals surface area contributed by atoms with Crippen molar-refractivity contribution in [3.8, 4) is 0 Å². The Morgan fingerprint density at radius 2 is 0.696 bits per heavy atom. The van der Waals surface area contributed by atoms with Crippen LogP contribution in [0.25, 0.3) is 0 Å². The lowest BCUT2D eigenvalue weighted by molar-refractivity contribution is -0.131. The van der Waals surface area contributed by atoms with Gasteiger partial charge in [-0.2, -0.15) is 0 Å². The van der Waals surface area contributed by atoms with Crippen molar-refractivity contribution in [2.75, 3.05) is 6.61 Å². The van der Waals surface area contributed by atoms with Crippen LogP contribution in [0.15, 0.2) is 12.2 Å².